The van der Waals surface area contributed by atoms with Crippen molar-refractivity contribution in [2.75, 3.05) is 6.26 Å². The third-order valence-corrected chi connectivity index (χ3v) is 4.47. The minimum absolute atomic E-state index is 0.789. The molecule has 1 aromatic carbocycles. The standard InChI is InChI=1S/C16H19N5S/c1-5-20-11(2)14(13-8-6-7-9-15(13)20)10-17-21-12(3)18-19-16(21)22-4/h6-10H,5H2,1-4H3/b17-10-. The molecule has 0 saturated heterocycles. The Balaban J connectivity index is 2.13. The molecule has 6 heteroatoms. The average molecular weight is 313 g/mol. The van der Waals surface area contributed by atoms with Crippen molar-refractivity contribution in [2.45, 2.75) is 32.5 Å². The highest BCUT2D eigenvalue weighted by atomic mass is 32.2. The molecule has 0 atom stereocenters. The number of hydrogen-bond acceptors (Lipinski definition) is 4. The lowest BCUT2D eigenvalue weighted by Gasteiger charge is -2.03. The quantitative estimate of drug-likeness (QED) is 0.547. The summed E-state index contributed by atoms with van der Waals surface area (Å²) in [6, 6.07) is 8.44. The van der Waals surface area contributed by atoms with E-state index in [-0.39, 0.29) is 0 Å². The first-order chi connectivity index (χ1) is 10.7. The second kappa shape index (κ2) is 5.96. The van der Waals surface area contributed by atoms with E-state index in [0.717, 1.165) is 23.1 Å². The number of hydrogen-bond donors (Lipinski definition) is 0. The van der Waals surface area contributed by atoms with Crippen molar-refractivity contribution in [1.82, 2.24) is 19.4 Å². The van der Waals surface area contributed by atoms with Crippen molar-refractivity contribution < 1.29 is 0 Å². The molecule has 0 N–H and O–H groups in total. The fraction of sp³-hybridized carbons (Fsp3) is 0.312. The summed E-state index contributed by atoms with van der Waals surface area (Å²) in [5.41, 5.74) is 3.62. The predicted molar refractivity (Wildman–Crippen MR) is 91.9 cm³/mol. The molecule has 5 nitrogen and oxygen atoms in total. The number of benzene rings is 1. The number of nitrogens with zero attached hydrogens (tertiary/aromatic N) is 5. The zero-order chi connectivity index (χ0) is 15.7. The predicted octanol–water partition coefficient (Wildman–Crippen LogP) is 3.47. The summed E-state index contributed by atoms with van der Waals surface area (Å²) in [7, 11) is 0. The first kappa shape index (κ1) is 14.8. The van der Waals surface area contributed by atoms with Crippen LogP contribution in [0.25, 0.3) is 10.9 Å². The highest BCUT2D eigenvalue weighted by Gasteiger charge is 2.12. The van der Waals surface area contributed by atoms with E-state index in [0.29, 0.717) is 0 Å². The zero-order valence-electron chi connectivity index (χ0n) is 13.2. The Morgan fingerprint density at radius 1 is 1.23 bits per heavy atom. The van der Waals surface area contributed by atoms with Crippen molar-refractivity contribution in [3.8, 4) is 0 Å². The largest absolute Gasteiger partial charge is 0.344 e. The van der Waals surface area contributed by atoms with E-state index < -0.39 is 0 Å². The van der Waals surface area contributed by atoms with Crippen molar-refractivity contribution in [2.24, 2.45) is 5.10 Å². The topological polar surface area (TPSA) is 48.0 Å². The smallest absolute Gasteiger partial charge is 0.211 e. The molecule has 2 aromatic heterocycles. The molecule has 0 aliphatic rings. The van der Waals surface area contributed by atoms with Crippen molar-refractivity contribution in [3.63, 3.8) is 0 Å². The Kier molecular flexibility index (Phi) is 4.02. The molecule has 0 saturated carbocycles. The third kappa shape index (κ3) is 2.33. The average Bonchev–Trinajstić information content (AvgIpc) is 3.02. The number of fused-ring (bicyclic) bond motifs is 1. The van der Waals surface area contributed by atoms with Crippen LogP contribution in [-0.2, 0) is 6.54 Å². The van der Waals surface area contributed by atoms with Gasteiger partial charge < -0.3 is 4.57 Å². The van der Waals surface area contributed by atoms with E-state index in [1.54, 1.807) is 4.68 Å². The first-order valence-corrected chi connectivity index (χ1v) is 8.48. The molecule has 0 aliphatic carbocycles. The van der Waals surface area contributed by atoms with Gasteiger partial charge in [0.15, 0.2) is 5.82 Å². The lowest BCUT2D eigenvalue weighted by Crippen LogP contribution is -1.99. The lowest BCUT2D eigenvalue weighted by molar-refractivity contribution is 0.744. The van der Waals surface area contributed by atoms with Gasteiger partial charge in [-0.1, -0.05) is 30.0 Å². The van der Waals surface area contributed by atoms with Gasteiger partial charge in [0.25, 0.3) is 0 Å². The number of thioether (sulfide) groups is 1. The highest BCUT2D eigenvalue weighted by molar-refractivity contribution is 7.98. The van der Waals surface area contributed by atoms with E-state index >= 15 is 0 Å². The van der Waals surface area contributed by atoms with Crippen LogP contribution >= 0.6 is 11.8 Å². The Morgan fingerprint density at radius 2 is 2.00 bits per heavy atom. The van der Waals surface area contributed by atoms with Crippen LogP contribution < -0.4 is 0 Å². The van der Waals surface area contributed by atoms with Gasteiger partial charge in [-0.15, -0.1) is 10.2 Å². The molecular formula is C16H19N5S. The fourth-order valence-corrected chi connectivity index (χ4v) is 3.22. The SMILES string of the molecule is CCn1c(C)c(/C=N\n2c(C)nnc2SC)c2ccccc21. The molecule has 0 amide bonds. The third-order valence-electron chi connectivity index (χ3n) is 3.85. The van der Waals surface area contributed by atoms with Crippen LogP contribution in [0.4, 0.5) is 0 Å². The van der Waals surface area contributed by atoms with Crippen LogP contribution in [0.5, 0.6) is 0 Å². The molecule has 0 fully saturated rings. The highest BCUT2D eigenvalue weighted by Crippen LogP contribution is 2.24. The van der Waals surface area contributed by atoms with Gasteiger partial charge in [0.2, 0.25) is 5.16 Å². The summed E-state index contributed by atoms with van der Waals surface area (Å²) in [4.78, 5) is 0. The molecule has 22 heavy (non-hydrogen) atoms. The number of para-hydroxylation sites is 1. The van der Waals surface area contributed by atoms with Crippen LogP contribution in [0.1, 0.15) is 24.0 Å². The zero-order valence-corrected chi connectivity index (χ0v) is 14.1. The normalized spacial score (nSPS) is 11.8. The molecule has 3 aromatic rings. The van der Waals surface area contributed by atoms with Crippen LogP contribution in [0.15, 0.2) is 34.5 Å². The van der Waals surface area contributed by atoms with E-state index in [2.05, 4.69) is 58.0 Å². The maximum absolute atomic E-state index is 4.60. The summed E-state index contributed by atoms with van der Waals surface area (Å²) in [5.74, 6) is 0.789. The molecule has 0 unspecified atom stereocenters. The summed E-state index contributed by atoms with van der Waals surface area (Å²) in [6.45, 7) is 7.16. The Labute approximate surface area is 134 Å². The second-order valence-corrected chi connectivity index (χ2v) is 5.82. The molecule has 114 valence electrons. The van der Waals surface area contributed by atoms with E-state index in [4.69, 9.17) is 0 Å². The van der Waals surface area contributed by atoms with Gasteiger partial charge in [0, 0.05) is 28.7 Å². The Hall–Kier alpha value is -2.08. The van der Waals surface area contributed by atoms with Crippen molar-refractivity contribution >= 4 is 28.9 Å². The molecular weight excluding hydrogens is 294 g/mol. The van der Waals surface area contributed by atoms with Gasteiger partial charge in [0.1, 0.15) is 0 Å². The summed E-state index contributed by atoms with van der Waals surface area (Å²) < 4.78 is 4.09. The van der Waals surface area contributed by atoms with Gasteiger partial charge >= 0.3 is 0 Å². The maximum Gasteiger partial charge on any atom is 0.211 e. The van der Waals surface area contributed by atoms with E-state index in [9.17, 15) is 0 Å². The second-order valence-electron chi connectivity index (χ2n) is 5.05. The summed E-state index contributed by atoms with van der Waals surface area (Å²) in [6.07, 6.45) is 3.89. The lowest BCUT2D eigenvalue weighted by atomic mass is 10.1. The van der Waals surface area contributed by atoms with E-state index in [1.165, 1.54) is 28.4 Å². The monoisotopic (exact) mass is 313 g/mol. The Bertz CT molecular complexity index is 844. The van der Waals surface area contributed by atoms with Gasteiger partial charge in [-0.25, -0.2) is 0 Å². The first-order valence-electron chi connectivity index (χ1n) is 7.25. The van der Waals surface area contributed by atoms with Gasteiger partial charge in [-0.3, -0.25) is 0 Å². The number of aromatic nitrogens is 4. The van der Waals surface area contributed by atoms with Gasteiger partial charge in [-0.2, -0.15) is 9.78 Å². The maximum atomic E-state index is 4.60. The minimum Gasteiger partial charge on any atom is -0.344 e. The number of aryl methyl sites for hydroxylation is 2. The van der Waals surface area contributed by atoms with Crippen molar-refractivity contribution in [3.05, 3.63) is 41.3 Å². The minimum atomic E-state index is 0.789. The number of rotatable bonds is 4. The molecule has 2 heterocycles. The van der Waals surface area contributed by atoms with Gasteiger partial charge in [0.05, 0.1) is 6.21 Å². The summed E-state index contributed by atoms with van der Waals surface area (Å²) >= 11 is 1.54. The van der Waals surface area contributed by atoms with Crippen molar-refractivity contribution in [1.29, 1.82) is 0 Å². The fourth-order valence-electron chi connectivity index (χ4n) is 2.74. The van der Waals surface area contributed by atoms with Crippen LogP contribution in [-0.4, -0.2) is 31.9 Å². The molecule has 0 bridgehead atoms. The Morgan fingerprint density at radius 3 is 2.73 bits per heavy atom. The van der Waals surface area contributed by atoms with Crippen LogP contribution in [0.3, 0.4) is 0 Å². The molecule has 3 rings (SSSR count). The van der Waals surface area contributed by atoms with Crippen LogP contribution in [0.2, 0.25) is 0 Å². The van der Waals surface area contributed by atoms with Crippen LogP contribution in [0, 0.1) is 13.8 Å². The van der Waals surface area contributed by atoms with E-state index in [1.807, 2.05) is 19.4 Å². The molecule has 0 radical (unpaired) electrons. The van der Waals surface area contributed by atoms with Gasteiger partial charge in [-0.05, 0) is 33.1 Å². The molecule has 0 aliphatic heterocycles. The molecule has 0 spiro atoms. The summed E-state index contributed by atoms with van der Waals surface area (Å²) in [5, 5.41) is 14.8.